The molecule has 4 unspecified atom stereocenters. The number of likely N-dealkylation sites (tertiary alicyclic amines) is 1. The van der Waals surface area contributed by atoms with Gasteiger partial charge in [0.25, 0.3) is 0 Å². The smallest absolute Gasteiger partial charge is 0.244 e. The molecule has 1 aromatic rings. The van der Waals surface area contributed by atoms with Crippen LogP contribution in [0.3, 0.4) is 0 Å². The van der Waals surface area contributed by atoms with Gasteiger partial charge in [-0.05, 0) is 62.8 Å². The lowest BCUT2D eigenvalue weighted by molar-refractivity contribution is -0.143. The van der Waals surface area contributed by atoms with Gasteiger partial charge in [-0.2, -0.15) is 0 Å². The van der Waals surface area contributed by atoms with Gasteiger partial charge in [0.2, 0.25) is 17.7 Å². The molecular weight excluding hydrogens is 502 g/mol. The molecule has 8 nitrogen and oxygen atoms in total. The predicted molar refractivity (Wildman–Crippen MR) is 150 cm³/mol. The summed E-state index contributed by atoms with van der Waals surface area (Å²) in [7, 11) is 0. The van der Waals surface area contributed by atoms with Crippen molar-refractivity contribution in [1.29, 1.82) is 0 Å². The van der Waals surface area contributed by atoms with E-state index in [1.807, 2.05) is 39.8 Å². The maximum absolute atomic E-state index is 14.3. The summed E-state index contributed by atoms with van der Waals surface area (Å²) in [6, 6.07) is 5.98. The molecule has 3 amide bonds. The monoisotopic (exact) mass is 545 g/mol. The molecule has 4 rings (SSSR count). The second-order valence-electron chi connectivity index (χ2n) is 11.4. The molecule has 3 saturated heterocycles. The SMILES string of the molecule is CCCC(C)NC(=O)C1N([C@@H](CO)C(C)C)C(=O)[C@@H]2[C@@H](C(=O)Nc3ccc(OCC)cc3)[C@H]3CC(C)C12S3. The molecule has 38 heavy (non-hydrogen) atoms. The van der Waals surface area contributed by atoms with Crippen LogP contribution in [0.4, 0.5) is 5.69 Å². The van der Waals surface area contributed by atoms with E-state index in [-0.39, 0.29) is 47.5 Å². The Morgan fingerprint density at radius 1 is 1.18 bits per heavy atom. The first-order valence-corrected chi connectivity index (χ1v) is 14.9. The van der Waals surface area contributed by atoms with Gasteiger partial charge in [0, 0.05) is 17.0 Å². The van der Waals surface area contributed by atoms with Gasteiger partial charge in [0.1, 0.15) is 11.8 Å². The van der Waals surface area contributed by atoms with Crippen LogP contribution in [0.1, 0.15) is 60.8 Å². The minimum atomic E-state index is -0.730. The molecule has 0 aromatic heterocycles. The maximum atomic E-state index is 14.3. The lowest BCUT2D eigenvalue weighted by atomic mass is 9.65. The molecular formula is C29H43N3O5S. The lowest BCUT2D eigenvalue weighted by Gasteiger charge is -2.41. The molecule has 9 heteroatoms. The highest BCUT2D eigenvalue weighted by atomic mass is 32.2. The fourth-order valence-electron chi connectivity index (χ4n) is 6.89. The topological polar surface area (TPSA) is 108 Å². The van der Waals surface area contributed by atoms with Crippen molar-refractivity contribution in [2.24, 2.45) is 23.7 Å². The number of carbonyl (C=O) groups excluding carboxylic acids is 3. The zero-order valence-corrected chi connectivity index (χ0v) is 24.2. The number of thioether (sulfide) groups is 1. The molecule has 3 fully saturated rings. The van der Waals surface area contributed by atoms with Gasteiger partial charge in [-0.1, -0.05) is 34.1 Å². The molecule has 3 aliphatic rings. The number of nitrogens with one attached hydrogen (secondary N) is 2. The number of aliphatic hydroxyl groups is 1. The lowest BCUT2D eigenvalue weighted by Crippen LogP contribution is -2.60. The number of fused-ring (bicyclic) bond motifs is 1. The van der Waals surface area contributed by atoms with Crippen molar-refractivity contribution in [1.82, 2.24) is 10.2 Å². The fourth-order valence-corrected chi connectivity index (χ4v) is 9.30. The molecule has 0 aliphatic carbocycles. The van der Waals surface area contributed by atoms with Crippen LogP contribution in [-0.4, -0.2) is 69.1 Å². The standard InChI is InChI=1S/C29H43N3O5S/c1-7-9-18(6)30-27(35)25-29-17(5)14-22(38-29)23(24(29)28(36)32(25)21(15-33)16(3)4)26(34)31-19-10-12-20(13-11-19)37-8-2/h10-13,16-18,21-25,33H,7-9,14-15H2,1-6H3,(H,30,35)(H,31,34)/t17?,18?,21-,22+,23-,24-,25?,29?/m0/s1. The Labute approximate surface area is 230 Å². The van der Waals surface area contributed by atoms with Crippen molar-refractivity contribution in [3.63, 3.8) is 0 Å². The largest absolute Gasteiger partial charge is 0.494 e. The van der Waals surface area contributed by atoms with Crippen LogP contribution in [0, 0.1) is 23.7 Å². The Hall–Kier alpha value is -2.26. The summed E-state index contributed by atoms with van der Waals surface area (Å²) in [5.74, 6) is -0.951. The number of carbonyl (C=O) groups is 3. The third-order valence-corrected chi connectivity index (χ3v) is 10.7. The number of aliphatic hydroxyl groups excluding tert-OH is 1. The number of nitrogens with zero attached hydrogens (tertiary/aromatic N) is 1. The number of benzene rings is 1. The van der Waals surface area contributed by atoms with Crippen LogP contribution in [0.25, 0.3) is 0 Å². The van der Waals surface area contributed by atoms with E-state index >= 15 is 0 Å². The summed E-state index contributed by atoms with van der Waals surface area (Å²) in [6.45, 7) is 12.3. The van der Waals surface area contributed by atoms with Crippen LogP contribution in [0.15, 0.2) is 24.3 Å². The Kier molecular flexibility index (Phi) is 8.67. The second-order valence-corrected chi connectivity index (χ2v) is 13.0. The van der Waals surface area contributed by atoms with E-state index in [9.17, 15) is 19.5 Å². The van der Waals surface area contributed by atoms with Gasteiger partial charge >= 0.3 is 0 Å². The van der Waals surface area contributed by atoms with Gasteiger partial charge in [-0.15, -0.1) is 11.8 Å². The summed E-state index contributed by atoms with van der Waals surface area (Å²) < 4.78 is 4.80. The van der Waals surface area contributed by atoms with E-state index in [4.69, 9.17) is 4.74 Å². The first-order valence-electron chi connectivity index (χ1n) is 14.0. The summed E-state index contributed by atoms with van der Waals surface area (Å²) in [5.41, 5.74) is 0.647. The zero-order chi connectivity index (χ0) is 27.8. The third-order valence-electron chi connectivity index (χ3n) is 8.59. The van der Waals surface area contributed by atoms with Gasteiger partial charge < -0.3 is 25.4 Å². The number of amides is 3. The Balaban J connectivity index is 1.69. The summed E-state index contributed by atoms with van der Waals surface area (Å²) in [4.78, 5) is 43.6. The quantitative estimate of drug-likeness (QED) is 0.392. The maximum Gasteiger partial charge on any atom is 0.244 e. The Bertz CT molecular complexity index is 1030. The van der Waals surface area contributed by atoms with E-state index in [0.29, 0.717) is 12.3 Å². The normalized spacial score (nSPS) is 31.3. The highest BCUT2D eigenvalue weighted by molar-refractivity contribution is 8.02. The average Bonchev–Trinajstić information content (AvgIpc) is 3.45. The molecule has 3 aliphatic heterocycles. The van der Waals surface area contributed by atoms with Crippen LogP contribution < -0.4 is 15.4 Å². The van der Waals surface area contributed by atoms with Crippen molar-refractivity contribution in [2.75, 3.05) is 18.5 Å². The number of ether oxygens (including phenoxy) is 1. The van der Waals surface area contributed by atoms with Crippen molar-refractivity contribution >= 4 is 35.2 Å². The minimum Gasteiger partial charge on any atom is -0.494 e. The van der Waals surface area contributed by atoms with E-state index in [2.05, 4.69) is 24.5 Å². The average molecular weight is 546 g/mol. The third kappa shape index (κ3) is 4.81. The second kappa shape index (κ2) is 11.5. The van der Waals surface area contributed by atoms with Gasteiger partial charge in [-0.3, -0.25) is 14.4 Å². The Morgan fingerprint density at radius 3 is 2.45 bits per heavy atom. The van der Waals surface area contributed by atoms with Crippen LogP contribution in [-0.2, 0) is 14.4 Å². The molecule has 2 bridgehead atoms. The number of hydrogen-bond donors (Lipinski definition) is 3. The predicted octanol–water partition coefficient (Wildman–Crippen LogP) is 3.68. The number of hydrogen-bond acceptors (Lipinski definition) is 6. The van der Waals surface area contributed by atoms with E-state index in [1.165, 1.54) is 0 Å². The van der Waals surface area contributed by atoms with E-state index in [1.54, 1.807) is 28.8 Å². The van der Waals surface area contributed by atoms with Crippen LogP contribution in [0.5, 0.6) is 5.75 Å². The molecule has 210 valence electrons. The molecule has 1 spiro atoms. The molecule has 3 heterocycles. The molecule has 1 aromatic carbocycles. The molecule has 0 saturated carbocycles. The number of rotatable bonds is 11. The zero-order valence-electron chi connectivity index (χ0n) is 23.4. The van der Waals surface area contributed by atoms with Crippen molar-refractivity contribution < 1.29 is 24.2 Å². The van der Waals surface area contributed by atoms with Crippen LogP contribution >= 0.6 is 11.8 Å². The first kappa shape index (κ1) is 28.7. The van der Waals surface area contributed by atoms with Gasteiger partial charge in [-0.25, -0.2) is 0 Å². The minimum absolute atomic E-state index is 0.0239. The van der Waals surface area contributed by atoms with E-state index < -0.39 is 28.7 Å². The molecule has 8 atom stereocenters. The summed E-state index contributed by atoms with van der Waals surface area (Å²) >= 11 is 1.65. The van der Waals surface area contributed by atoms with Gasteiger partial charge in [0.15, 0.2) is 0 Å². The highest BCUT2D eigenvalue weighted by Crippen LogP contribution is 2.69. The van der Waals surface area contributed by atoms with Crippen molar-refractivity contribution in [2.45, 2.75) is 88.9 Å². The first-order chi connectivity index (χ1) is 18.1. The van der Waals surface area contributed by atoms with Crippen molar-refractivity contribution in [3.05, 3.63) is 24.3 Å². The molecule has 3 N–H and O–H groups in total. The highest BCUT2D eigenvalue weighted by Gasteiger charge is 2.76. The summed E-state index contributed by atoms with van der Waals surface area (Å²) in [6.07, 6.45) is 2.55. The Morgan fingerprint density at radius 2 is 1.87 bits per heavy atom. The summed E-state index contributed by atoms with van der Waals surface area (Å²) in [5, 5.41) is 16.5. The number of anilines is 1. The van der Waals surface area contributed by atoms with Crippen LogP contribution in [0.2, 0.25) is 0 Å². The van der Waals surface area contributed by atoms with Gasteiger partial charge in [0.05, 0.1) is 35.8 Å². The van der Waals surface area contributed by atoms with Crippen molar-refractivity contribution in [3.8, 4) is 5.75 Å². The molecule has 0 radical (unpaired) electrons. The van der Waals surface area contributed by atoms with E-state index in [0.717, 1.165) is 25.0 Å². The fraction of sp³-hybridized carbons (Fsp3) is 0.690.